The Morgan fingerprint density at radius 3 is 2.50 bits per heavy atom. The van der Waals surface area contributed by atoms with Gasteiger partial charge in [0, 0.05) is 18.4 Å². The van der Waals surface area contributed by atoms with Crippen molar-refractivity contribution in [3.05, 3.63) is 66.0 Å². The monoisotopic (exact) mass is 366 g/mol. The molecule has 1 amide bonds. The number of carbonyl (C=O) groups is 1. The number of anilines is 1. The number of para-hydroxylation sites is 1. The molecular weight excluding hydrogens is 344 g/mol. The van der Waals surface area contributed by atoms with Gasteiger partial charge >= 0.3 is 0 Å². The Balaban J connectivity index is 1.82. The van der Waals surface area contributed by atoms with Gasteiger partial charge in [-0.2, -0.15) is 0 Å². The van der Waals surface area contributed by atoms with Crippen LogP contribution < -0.4 is 4.90 Å². The molecule has 1 aromatic heterocycles. The lowest BCUT2D eigenvalue weighted by molar-refractivity contribution is -0.117. The normalized spacial score (nSPS) is 12.0. The summed E-state index contributed by atoms with van der Waals surface area (Å²) in [4.78, 5) is 14.5. The molecule has 0 N–H and O–H groups in total. The van der Waals surface area contributed by atoms with Crippen LogP contribution in [0.5, 0.6) is 0 Å². The Bertz CT molecular complexity index is 907. The van der Waals surface area contributed by atoms with Gasteiger partial charge in [0.25, 0.3) is 0 Å². The van der Waals surface area contributed by atoms with Crippen LogP contribution in [-0.4, -0.2) is 33.0 Å². The number of carbonyl (C=O) groups excluding carboxylic acids is 1. The molecule has 0 saturated heterocycles. The van der Waals surface area contributed by atoms with Gasteiger partial charge in [-0.3, -0.25) is 9.36 Å². The number of hydrogen-bond acceptors (Lipinski definition) is 4. The Hall–Kier alpha value is -2.60. The number of thioether (sulfide) groups is 1. The largest absolute Gasteiger partial charge is 0.315 e. The summed E-state index contributed by atoms with van der Waals surface area (Å²) in [7, 11) is 1.80. The van der Waals surface area contributed by atoms with Crippen LogP contribution in [0.15, 0.2) is 59.8 Å². The van der Waals surface area contributed by atoms with E-state index in [0.717, 1.165) is 22.4 Å². The number of hydrogen-bond donors (Lipinski definition) is 0. The van der Waals surface area contributed by atoms with Crippen LogP contribution >= 0.6 is 11.8 Å². The van der Waals surface area contributed by atoms with Crippen LogP contribution in [0.25, 0.3) is 5.69 Å². The number of aromatic nitrogens is 3. The summed E-state index contributed by atoms with van der Waals surface area (Å²) in [5.74, 6) is 0.826. The molecule has 0 unspecified atom stereocenters. The zero-order valence-corrected chi connectivity index (χ0v) is 16.2. The number of amides is 1. The van der Waals surface area contributed by atoms with E-state index in [1.54, 1.807) is 11.9 Å². The second-order valence-electron chi connectivity index (χ2n) is 6.20. The Labute approximate surface area is 158 Å². The van der Waals surface area contributed by atoms with Crippen LogP contribution in [0.1, 0.15) is 18.3 Å². The van der Waals surface area contributed by atoms with Crippen LogP contribution in [-0.2, 0) is 4.79 Å². The fourth-order valence-corrected chi connectivity index (χ4v) is 3.75. The molecule has 0 spiro atoms. The predicted molar refractivity (Wildman–Crippen MR) is 106 cm³/mol. The molecule has 6 heteroatoms. The minimum Gasteiger partial charge on any atom is -0.315 e. The highest BCUT2D eigenvalue weighted by Crippen LogP contribution is 2.27. The first-order chi connectivity index (χ1) is 12.5. The average Bonchev–Trinajstić information content (AvgIpc) is 3.01. The molecule has 26 heavy (non-hydrogen) atoms. The number of benzene rings is 2. The van der Waals surface area contributed by atoms with Gasteiger partial charge in [-0.05, 0) is 50.6 Å². The Morgan fingerprint density at radius 2 is 1.81 bits per heavy atom. The molecule has 0 aliphatic rings. The van der Waals surface area contributed by atoms with Crippen molar-refractivity contribution in [2.24, 2.45) is 0 Å². The SMILES string of the molecule is Cc1cccc(-n2c(C)nnc2S[C@@H](C)C(=O)N(C)c2ccccc2)c1. The van der Waals surface area contributed by atoms with Crippen molar-refractivity contribution in [2.45, 2.75) is 31.2 Å². The zero-order valence-electron chi connectivity index (χ0n) is 15.4. The molecule has 3 rings (SSSR count). The molecule has 3 aromatic rings. The summed E-state index contributed by atoms with van der Waals surface area (Å²) in [5, 5.41) is 8.92. The molecule has 0 aliphatic carbocycles. The summed E-state index contributed by atoms with van der Waals surface area (Å²) < 4.78 is 1.99. The smallest absolute Gasteiger partial charge is 0.240 e. The minimum absolute atomic E-state index is 0.0256. The van der Waals surface area contributed by atoms with Gasteiger partial charge < -0.3 is 4.90 Å². The highest BCUT2D eigenvalue weighted by molar-refractivity contribution is 8.00. The van der Waals surface area contributed by atoms with Crippen molar-refractivity contribution >= 4 is 23.4 Å². The molecule has 0 saturated carbocycles. The predicted octanol–water partition coefficient (Wildman–Crippen LogP) is 4.03. The third kappa shape index (κ3) is 3.80. The molecule has 5 nitrogen and oxygen atoms in total. The van der Waals surface area contributed by atoms with Crippen LogP contribution in [0.4, 0.5) is 5.69 Å². The van der Waals surface area contributed by atoms with Crippen molar-refractivity contribution in [1.29, 1.82) is 0 Å². The first kappa shape index (κ1) is 18.2. The van der Waals surface area contributed by atoms with Crippen molar-refractivity contribution < 1.29 is 4.79 Å². The maximum atomic E-state index is 12.8. The van der Waals surface area contributed by atoms with E-state index in [1.807, 2.05) is 60.9 Å². The Kier molecular flexibility index (Phi) is 5.42. The maximum absolute atomic E-state index is 12.8. The van der Waals surface area contributed by atoms with Gasteiger partial charge in [0.1, 0.15) is 5.82 Å². The number of aryl methyl sites for hydroxylation is 2. The standard InChI is InChI=1S/C20H22N4OS/c1-14-9-8-12-18(13-14)24-16(3)21-22-20(24)26-15(2)19(25)23(4)17-10-6-5-7-11-17/h5-13,15H,1-4H3/t15-/m0/s1. The maximum Gasteiger partial charge on any atom is 0.240 e. The summed E-state index contributed by atoms with van der Waals surface area (Å²) >= 11 is 1.42. The topological polar surface area (TPSA) is 51.0 Å². The van der Waals surface area contributed by atoms with E-state index in [0.29, 0.717) is 0 Å². The average molecular weight is 366 g/mol. The van der Waals surface area contributed by atoms with E-state index in [1.165, 1.54) is 17.3 Å². The molecule has 0 bridgehead atoms. The van der Waals surface area contributed by atoms with Crippen LogP contribution in [0.2, 0.25) is 0 Å². The molecule has 0 aliphatic heterocycles. The van der Waals surface area contributed by atoms with Crippen LogP contribution in [0, 0.1) is 13.8 Å². The summed E-state index contributed by atoms with van der Waals surface area (Å²) in [6.07, 6.45) is 0. The third-order valence-corrected chi connectivity index (χ3v) is 5.19. The van der Waals surface area contributed by atoms with Crippen molar-refractivity contribution in [3.63, 3.8) is 0 Å². The molecular formula is C20H22N4OS. The number of nitrogens with zero attached hydrogens (tertiary/aromatic N) is 4. The summed E-state index contributed by atoms with van der Waals surface area (Å²) in [6, 6.07) is 17.8. The zero-order chi connectivity index (χ0) is 18.7. The first-order valence-corrected chi connectivity index (χ1v) is 9.33. The Morgan fingerprint density at radius 1 is 1.08 bits per heavy atom. The van der Waals surface area contributed by atoms with E-state index < -0.39 is 0 Å². The molecule has 134 valence electrons. The van der Waals surface area contributed by atoms with Crippen LogP contribution in [0.3, 0.4) is 0 Å². The molecule has 1 heterocycles. The van der Waals surface area contributed by atoms with E-state index in [4.69, 9.17) is 0 Å². The van der Waals surface area contributed by atoms with Crippen molar-refractivity contribution in [3.8, 4) is 5.69 Å². The molecule has 1 atom stereocenters. The highest BCUT2D eigenvalue weighted by atomic mass is 32.2. The van der Waals surface area contributed by atoms with Gasteiger partial charge in [0.05, 0.1) is 5.25 Å². The summed E-state index contributed by atoms with van der Waals surface area (Å²) in [6.45, 7) is 5.87. The van der Waals surface area contributed by atoms with E-state index in [2.05, 4.69) is 29.3 Å². The van der Waals surface area contributed by atoms with E-state index in [-0.39, 0.29) is 11.2 Å². The fraction of sp³-hybridized carbons (Fsp3) is 0.250. The number of rotatable bonds is 5. The quantitative estimate of drug-likeness (QED) is 0.640. The van der Waals surface area contributed by atoms with E-state index in [9.17, 15) is 4.79 Å². The lowest BCUT2D eigenvalue weighted by Gasteiger charge is -2.21. The molecule has 0 fully saturated rings. The van der Waals surface area contributed by atoms with Crippen molar-refractivity contribution in [2.75, 3.05) is 11.9 Å². The lowest BCUT2D eigenvalue weighted by Crippen LogP contribution is -2.33. The second kappa shape index (κ2) is 7.74. The molecule has 0 radical (unpaired) electrons. The highest BCUT2D eigenvalue weighted by Gasteiger charge is 2.23. The fourth-order valence-electron chi connectivity index (χ4n) is 2.74. The molecule has 2 aromatic carbocycles. The second-order valence-corrected chi connectivity index (χ2v) is 7.51. The van der Waals surface area contributed by atoms with E-state index >= 15 is 0 Å². The van der Waals surface area contributed by atoms with Gasteiger partial charge in [-0.25, -0.2) is 0 Å². The third-order valence-electron chi connectivity index (χ3n) is 4.16. The first-order valence-electron chi connectivity index (χ1n) is 8.45. The van der Waals surface area contributed by atoms with Gasteiger partial charge in [-0.15, -0.1) is 10.2 Å². The van der Waals surface area contributed by atoms with Gasteiger partial charge in [0.15, 0.2) is 5.16 Å². The minimum atomic E-state index is -0.285. The van der Waals surface area contributed by atoms with Gasteiger partial charge in [-0.1, -0.05) is 42.1 Å². The van der Waals surface area contributed by atoms with Crippen molar-refractivity contribution in [1.82, 2.24) is 14.8 Å². The van der Waals surface area contributed by atoms with Gasteiger partial charge in [0.2, 0.25) is 5.91 Å². The summed E-state index contributed by atoms with van der Waals surface area (Å²) in [5.41, 5.74) is 3.05. The lowest BCUT2D eigenvalue weighted by atomic mass is 10.2.